The summed E-state index contributed by atoms with van der Waals surface area (Å²) in [7, 11) is 0. The van der Waals surface area contributed by atoms with E-state index in [1.165, 1.54) is 0 Å². The van der Waals surface area contributed by atoms with Crippen LogP contribution >= 0.6 is 15.9 Å². The van der Waals surface area contributed by atoms with Gasteiger partial charge in [-0.05, 0) is 31.2 Å². The first kappa shape index (κ1) is 14.9. The first-order valence-electron chi connectivity index (χ1n) is 7.39. The molecule has 24 heavy (non-hydrogen) atoms. The lowest BCUT2D eigenvalue weighted by Crippen LogP contribution is -2.02. The SMILES string of the molecule is Cc1onc(-c2ccccc2)c1C(=O)c1cc2cc(Br)ccc2o1. The maximum atomic E-state index is 13.0. The second-order valence-electron chi connectivity index (χ2n) is 5.45. The maximum absolute atomic E-state index is 13.0. The Morgan fingerprint density at radius 1 is 1.08 bits per heavy atom. The van der Waals surface area contributed by atoms with Crippen LogP contribution in [0.4, 0.5) is 0 Å². The van der Waals surface area contributed by atoms with Crippen LogP contribution in [0.2, 0.25) is 0 Å². The largest absolute Gasteiger partial charge is 0.453 e. The zero-order valence-corrected chi connectivity index (χ0v) is 14.3. The predicted octanol–water partition coefficient (Wildman–Crippen LogP) is 5.39. The minimum Gasteiger partial charge on any atom is -0.453 e. The molecular weight excluding hydrogens is 370 g/mol. The van der Waals surface area contributed by atoms with Crippen molar-refractivity contribution in [2.24, 2.45) is 0 Å². The highest BCUT2D eigenvalue weighted by atomic mass is 79.9. The van der Waals surface area contributed by atoms with Gasteiger partial charge in [0.25, 0.3) is 0 Å². The molecule has 5 heteroatoms. The van der Waals surface area contributed by atoms with Gasteiger partial charge in [-0.2, -0.15) is 0 Å². The minimum absolute atomic E-state index is 0.236. The summed E-state index contributed by atoms with van der Waals surface area (Å²) in [5.74, 6) is 0.506. The van der Waals surface area contributed by atoms with Gasteiger partial charge in [0.2, 0.25) is 5.78 Å². The summed E-state index contributed by atoms with van der Waals surface area (Å²) >= 11 is 3.42. The number of aromatic nitrogens is 1. The Hall–Kier alpha value is -2.66. The number of rotatable bonds is 3. The molecule has 0 N–H and O–H groups in total. The van der Waals surface area contributed by atoms with Gasteiger partial charge in [0.1, 0.15) is 17.0 Å². The number of hydrogen-bond acceptors (Lipinski definition) is 4. The molecule has 0 aliphatic carbocycles. The Balaban J connectivity index is 1.83. The van der Waals surface area contributed by atoms with Crippen molar-refractivity contribution in [1.82, 2.24) is 5.16 Å². The van der Waals surface area contributed by atoms with Crippen LogP contribution in [-0.2, 0) is 0 Å². The molecule has 118 valence electrons. The summed E-state index contributed by atoms with van der Waals surface area (Å²) in [5.41, 5.74) is 2.45. The molecule has 2 heterocycles. The molecule has 0 aliphatic heterocycles. The minimum atomic E-state index is -0.236. The second kappa shape index (κ2) is 5.76. The molecule has 0 aliphatic rings. The molecule has 2 aromatic heterocycles. The van der Waals surface area contributed by atoms with Crippen LogP contribution < -0.4 is 0 Å². The Morgan fingerprint density at radius 2 is 1.88 bits per heavy atom. The van der Waals surface area contributed by atoms with E-state index in [1.807, 2.05) is 48.5 Å². The Kier molecular flexibility index (Phi) is 3.58. The summed E-state index contributed by atoms with van der Waals surface area (Å²) in [6.07, 6.45) is 0. The molecule has 0 atom stereocenters. The van der Waals surface area contributed by atoms with Crippen LogP contribution in [0.3, 0.4) is 0 Å². The topological polar surface area (TPSA) is 56.2 Å². The van der Waals surface area contributed by atoms with E-state index in [-0.39, 0.29) is 11.5 Å². The molecular formula is C19H12BrNO3. The van der Waals surface area contributed by atoms with Gasteiger partial charge < -0.3 is 8.94 Å². The van der Waals surface area contributed by atoms with E-state index in [0.29, 0.717) is 22.6 Å². The first-order valence-corrected chi connectivity index (χ1v) is 8.18. The molecule has 0 fully saturated rings. The molecule has 0 unspecified atom stereocenters. The molecule has 0 bridgehead atoms. The molecule has 2 aromatic carbocycles. The zero-order chi connectivity index (χ0) is 16.7. The quantitative estimate of drug-likeness (QED) is 0.446. The predicted molar refractivity (Wildman–Crippen MR) is 94.0 cm³/mol. The van der Waals surface area contributed by atoms with Crippen LogP contribution in [0.1, 0.15) is 21.9 Å². The van der Waals surface area contributed by atoms with Gasteiger partial charge >= 0.3 is 0 Å². The summed E-state index contributed by atoms with van der Waals surface area (Å²) in [5, 5.41) is 4.92. The lowest BCUT2D eigenvalue weighted by atomic mass is 10.0. The van der Waals surface area contributed by atoms with Gasteiger partial charge in [-0.1, -0.05) is 51.4 Å². The van der Waals surface area contributed by atoms with E-state index in [9.17, 15) is 4.79 Å². The van der Waals surface area contributed by atoms with Gasteiger partial charge in [-0.25, -0.2) is 0 Å². The van der Waals surface area contributed by atoms with Crippen molar-refractivity contribution in [2.45, 2.75) is 6.92 Å². The molecule has 4 nitrogen and oxygen atoms in total. The maximum Gasteiger partial charge on any atom is 0.234 e. The average molecular weight is 382 g/mol. The molecule has 0 amide bonds. The van der Waals surface area contributed by atoms with E-state index in [0.717, 1.165) is 15.4 Å². The third-order valence-electron chi connectivity index (χ3n) is 3.84. The molecule has 0 spiro atoms. The van der Waals surface area contributed by atoms with Gasteiger partial charge in [0, 0.05) is 15.4 Å². The first-order chi connectivity index (χ1) is 11.6. The van der Waals surface area contributed by atoms with Crippen molar-refractivity contribution < 1.29 is 13.7 Å². The summed E-state index contributed by atoms with van der Waals surface area (Å²) in [6, 6.07) is 16.8. The fourth-order valence-corrected chi connectivity index (χ4v) is 3.06. The van der Waals surface area contributed by atoms with Crippen molar-refractivity contribution in [3.05, 3.63) is 76.2 Å². The molecule has 0 saturated carbocycles. The van der Waals surface area contributed by atoms with Gasteiger partial charge in [0.05, 0.1) is 5.56 Å². The monoisotopic (exact) mass is 381 g/mol. The van der Waals surface area contributed by atoms with E-state index in [2.05, 4.69) is 21.1 Å². The van der Waals surface area contributed by atoms with Crippen LogP contribution in [0, 0.1) is 6.92 Å². The third-order valence-corrected chi connectivity index (χ3v) is 4.33. The zero-order valence-electron chi connectivity index (χ0n) is 12.7. The van der Waals surface area contributed by atoms with Crippen molar-refractivity contribution in [2.75, 3.05) is 0 Å². The third kappa shape index (κ3) is 2.47. The van der Waals surface area contributed by atoms with Crippen LogP contribution in [0.15, 0.2) is 68.0 Å². The highest BCUT2D eigenvalue weighted by molar-refractivity contribution is 9.10. The number of nitrogens with zero attached hydrogens (tertiary/aromatic N) is 1. The summed E-state index contributed by atoms with van der Waals surface area (Å²) in [6.45, 7) is 1.73. The van der Waals surface area contributed by atoms with Gasteiger partial charge in [0.15, 0.2) is 5.76 Å². The number of hydrogen-bond donors (Lipinski definition) is 0. The van der Waals surface area contributed by atoms with Crippen molar-refractivity contribution >= 4 is 32.7 Å². The number of carbonyl (C=O) groups excluding carboxylic acids is 1. The fourth-order valence-electron chi connectivity index (χ4n) is 2.68. The van der Waals surface area contributed by atoms with E-state index >= 15 is 0 Å². The smallest absolute Gasteiger partial charge is 0.234 e. The average Bonchev–Trinajstić information content (AvgIpc) is 3.18. The number of ketones is 1. The molecule has 0 saturated heterocycles. The Morgan fingerprint density at radius 3 is 2.67 bits per heavy atom. The molecule has 4 aromatic rings. The number of fused-ring (bicyclic) bond motifs is 1. The molecule has 4 rings (SSSR count). The number of furan rings is 1. The molecule has 0 radical (unpaired) electrons. The van der Waals surface area contributed by atoms with E-state index in [4.69, 9.17) is 8.94 Å². The standard InChI is InChI=1S/C19H12BrNO3/c1-11-17(18(21-24-11)12-5-3-2-4-6-12)19(22)16-10-13-9-14(20)7-8-15(13)23-16/h2-10H,1H3. The highest BCUT2D eigenvalue weighted by Crippen LogP contribution is 2.30. The number of aryl methyl sites for hydroxylation is 1. The van der Waals surface area contributed by atoms with E-state index < -0.39 is 0 Å². The van der Waals surface area contributed by atoms with Crippen molar-refractivity contribution in [1.29, 1.82) is 0 Å². The van der Waals surface area contributed by atoms with Crippen LogP contribution in [-0.4, -0.2) is 10.9 Å². The fraction of sp³-hybridized carbons (Fsp3) is 0.0526. The van der Waals surface area contributed by atoms with E-state index in [1.54, 1.807) is 13.0 Å². The highest BCUT2D eigenvalue weighted by Gasteiger charge is 2.25. The number of carbonyl (C=O) groups is 1. The lowest BCUT2D eigenvalue weighted by Gasteiger charge is -2.00. The Labute approximate surface area is 146 Å². The van der Waals surface area contributed by atoms with Crippen LogP contribution in [0.5, 0.6) is 0 Å². The normalized spacial score (nSPS) is 11.1. The van der Waals surface area contributed by atoms with Crippen LogP contribution in [0.25, 0.3) is 22.2 Å². The van der Waals surface area contributed by atoms with Gasteiger partial charge in [-0.3, -0.25) is 4.79 Å². The Bertz CT molecular complexity index is 1050. The van der Waals surface area contributed by atoms with Crippen molar-refractivity contribution in [3.63, 3.8) is 0 Å². The summed E-state index contributed by atoms with van der Waals surface area (Å²) in [4.78, 5) is 13.0. The second-order valence-corrected chi connectivity index (χ2v) is 6.37. The summed E-state index contributed by atoms with van der Waals surface area (Å²) < 4.78 is 11.9. The van der Waals surface area contributed by atoms with Gasteiger partial charge in [-0.15, -0.1) is 0 Å². The number of benzene rings is 2. The number of halogens is 1. The lowest BCUT2D eigenvalue weighted by molar-refractivity contribution is 0.101. The van der Waals surface area contributed by atoms with Crippen molar-refractivity contribution in [3.8, 4) is 11.3 Å².